The molecule has 2 atom stereocenters. The molecule has 2 rings (SSSR count). The molecule has 9 nitrogen and oxygen atoms in total. The van der Waals surface area contributed by atoms with Gasteiger partial charge in [-0.3, -0.25) is 39.4 Å². The van der Waals surface area contributed by atoms with Gasteiger partial charge in [0.2, 0.25) is 24.4 Å². The molecule has 0 radical (unpaired) electrons. The number of amides is 4. The Morgan fingerprint density at radius 1 is 0.952 bits per heavy atom. The number of ketones is 2. The second-order valence-electron chi connectivity index (χ2n) is 4.42. The van der Waals surface area contributed by atoms with Crippen molar-refractivity contribution < 1.29 is 33.5 Å². The third kappa shape index (κ3) is 2.50. The van der Waals surface area contributed by atoms with Crippen molar-refractivity contribution in [2.45, 2.75) is 12.5 Å². The highest BCUT2D eigenvalue weighted by Crippen LogP contribution is 2.41. The topological polar surface area (TPSA) is 136 Å². The molecule has 2 N–H and O–H groups in total. The Morgan fingerprint density at radius 3 is 2.00 bits per heavy atom. The van der Waals surface area contributed by atoms with Gasteiger partial charge in [0.25, 0.3) is 11.8 Å². The van der Waals surface area contributed by atoms with Crippen LogP contribution in [0.15, 0.2) is 11.1 Å². The van der Waals surface area contributed by atoms with Gasteiger partial charge in [-0.15, -0.1) is 0 Å². The van der Waals surface area contributed by atoms with Gasteiger partial charge in [-0.05, 0) is 6.42 Å². The van der Waals surface area contributed by atoms with Crippen LogP contribution in [0, 0.1) is 5.92 Å². The number of fused-ring (bicyclic) bond motifs is 2. The third-order valence-electron chi connectivity index (χ3n) is 3.30. The molecule has 2 unspecified atom stereocenters. The van der Waals surface area contributed by atoms with Crippen LogP contribution in [0.4, 0.5) is 0 Å². The molecular formula is C12H10N2O7. The van der Waals surface area contributed by atoms with Gasteiger partial charge in [0, 0.05) is 17.1 Å². The molecule has 4 amide bonds. The molecule has 1 aliphatic carbocycles. The zero-order chi connectivity index (χ0) is 15.6. The molecule has 1 saturated heterocycles. The number of Topliss-reactive ketones (excluding diaryl/α,β-unsaturated/α-hetero) is 2. The maximum Gasteiger partial charge on any atom is 0.298 e. The first-order valence-electron chi connectivity index (χ1n) is 5.94. The molecule has 9 heteroatoms. The lowest BCUT2D eigenvalue weighted by Gasteiger charge is -2.17. The van der Waals surface area contributed by atoms with Crippen LogP contribution in [-0.2, 0) is 33.5 Å². The monoisotopic (exact) mass is 294 g/mol. The van der Waals surface area contributed by atoms with Crippen molar-refractivity contribution in [1.82, 2.24) is 10.6 Å². The molecule has 1 aliphatic heterocycles. The Bertz CT molecular complexity index is 542. The minimum absolute atomic E-state index is 0.0372. The van der Waals surface area contributed by atoms with Gasteiger partial charge < -0.3 is 4.74 Å². The number of hydrogen-bond donors (Lipinski definition) is 2. The first-order chi connectivity index (χ1) is 10.0. The SMILES string of the molecule is O=CNC(=O)C(=O)C1=C(C(=O)C(=O)NC=O)C2CC1CO2. The van der Waals surface area contributed by atoms with Crippen LogP contribution >= 0.6 is 0 Å². The average molecular weight is 294 g/mol. The van der Waals surface area contributed by atoms with Crippen molar-refractivity contribution in [3.8, 4) is 0 Å². The lowest BCUT2D eigenvalue weighted by atomic mass is 9.94. The fourth-order valence-electron chi connectivity index (χ4n) is 2.48. The Labute approximate surface area is 117 Å². The second kappa shape index (κ2) is 5.75. The van der Waals surface area contributed by atoms with Gasteiger partial charge >= 0.3 is 0 Å². The summed E-state index contributed by atoms with van der Waals surface area (Å²) in [5, 5.41) is 3.35. The highest BCUT2D eigenvalue weighted by atomic mass is 16.5. The molecule has 1 heterocycles. The molecule has 2 aliphatic rings. The van der Waals surface area contributed by atoms with Gasteiger partial charge in [-0.2, -0.15) is 0 Å². The molecule has 0 aromatic carbocycles. The fraction of sp³-hybridized carbons (Fsp3) is 0.333. The number of carbonyl (C=O) groups excluding carboxylic acids is 6. The molecule has 0 aromatic heterocycles. The highest BCUT2D eigenvalue weighted by Gasteiger charge is 2.48. The van der Waals surface area contributed by atoms with Gasteiger partial charge in [0.05, 0.1) is 12.7 Å². The van der Waals surface area contributed by atoms with E-state index in [9.17, 15) is 28.8 Å². The van der Waals surface area contributed by atoms with Crippen molar-refractivity contribution in [1.29, 1.82) is 0 Å². The van der Waals surface area contributed by atoms with E-state index in [4.69, 9.17) is 4.74 Å². The van der Waals surface area contributed by atoms with Crippen molar-refractivity contribution in [3.63, 3.8) is 0 Å². The van der Waals surface area contributed by atoms with Crippen LogP contribution in [0.5, 0.6) is 0 Å². The van der Waals surface area contributed by atoms with E-state index in [2.05, 4.69) is 0 Å². The summed E-state index contributed by atoms with van der Waals surface area (Å²) >= 11 is 0. The quantitative estimate of drug-likeness (QED) is 0.404. The van der Waals surface area contributed by atoms with E-state index in [1.807, 2.05) is 0 Å². The number of imide groups is 2. The van der Waals surface area contributed by atoms with E-state index in [1.165, 1.54) is 0 Å². The van der Waals surface area contributed by atoms with Crippen LogP contribution < -0.4 is 10.6 Å². The predicted molar refractivity (Wildman–Crippen MR) is 63.3 cm³/mol. The van der Waals surface area contributed by atoms with Crippen LogP contribution in [0.3, 0.4) is 0 Å². The van der Waals surface area contributed by atoms with Crippen molar-refractivity contribution in [3.05, 3.63) is 11.1 Å². The van der Waals surface area contributed by atoms with Crippen LogP contribution in [0.1, 0.15) is 6.42 Å². The normalized spacial score (nSPS) is 22.7. The van der Waals surface area contributed by atoms with Gasteiger partial charge in [-0.25, -0.2) is 0 Å². The largest absolute Gasteiger partial charge is 0.373 e. The maximum absolute atomic E-state index is 12.0. The van der Waals surface area contributed by atoms with E-state index in [0.717, 1.165) is 0 Å². The van der Waals surface area contributed by atoms with E-state index in [-0.39, 0.29) is 30.6 Å². The molecule has 0 aromatic rings. The first-order valence-corrected chi connectivity index (χ1v) is 5.94. The van der Waals surface area contributed by atoms with Crippen molar-refractivity contribution >= 4 is 36.2 Å². The zero-order valence-corrected chi connectivity index (χ0v) is 10.6. The molecule has 1 fully saturated rings. The summed E-state index contributed by atoms with van der Waals surface area (Å²) in [5.41, 5.74) is -0.353. The summed E-state index contributed by atoms with van der Waals surface area (Å²) in [6, 6.07) is 0. The summed E-state index contributed by atoms with van der Waals surface area (Å²) in [7, 11) is 0. The Balaban J connectivity index is 2.37. The minimum atomic E-state index is -1.21. The molecule has 110 valence electrons. The summed E-state index contributed by atoms with van der Waals surface area (Å²) in [6.07, 6.45) is -0.381. The summed E-state index contributed by atoms with van der Waals surface area (Å²) < 4.78 is 5.23. The predicted octanol–water partition coefficient (Wildman–Crippen LogP) is -2.61. The Morgan fingerprint density at radius 2 is 1.48 bits per heavy atom. The standard InChI is InChI=1S/C12H10N2O7/c15-3-13-11(19)9(17)7-5-1-6(21-2-5)8(7)10(18)12(20)14-4-16/h3-6H,1-2H2,(H,13,15,19)(H,14,16,20). The lowest BCUT2D eigenvalue weighted by molar-refractivity contribution is -0.139. The molecular weight excluding hydrogens is 284 g/mol. The average Bonchev–Trinajstić information content (AvgIpc) is 3.06. The Hall–Kier alpha value is -2.68. The van der Waals surface area contributed by atoms with Crippen LogP contribution in [0.2, 0.25) is 0 Å². The van der Waals surface area contributed by atoms with Crippen LogP contribution in [0.25, 0.3) is 0 Å². The van der Waals surface area contributed by atoms with Crippen molar-refractivity contribution in [2.75, 3.05) is 6.61 Å². The molecule has 21 heavy (non-hydrogen) atoms. The molecule has 0 spiro atoms. The lowest BCUT2D eigenvalue weighted by Crippen LogP contribution is -2.38. The smallest absolute Gasteiger partial charge is 0.298 e. The van der Waals surface area contributed by atoms with Gasteiger partial charge in [0.1, 0.15) is 0 Å². The fourth-order valence-corrected chi connectivity index (χ4v) is 2.48. The van der Waals surface area contributed by atoms with Crippen LogP contribution in [-0.4, -0.2) is 48.9 Å². The zero-order valence-electron chi connectivity index (χ0n) is 10.6. The summed E-state index contributed by atoms with van der Waals surface area (Å²) in [6.45, 7) is 0.145. The van der Waals surface area contributed by atoms with Gasteiger partial charge in [0.15, 0.2) is 0 Å². The van der Waals surface area contributed by atoms with E-state index >= 15 is 0 Å². The number of nitrogens with one attached hydrogen (secondary N) is 2. The number of hydrogen-bond acceptors (Lipinski definition) is 7. The summed E-state index contributed by atoms with van der Waals surface area (Å²) in [4.78, 5) is 67.2. The van der Waals surface area contributed by atoms with E-state index in [0.29, 0.717) is 6.42 Å². The minimum Gasteiger partial charge on any atom is -0.373 e. The molecule has 2 bridgehead atoms. The molecule has 0 saturated carbocycles. The Kier molecular flexibility index (Phi) is 4.03. The number of rotatable bonds is 6. The number of carbonyl (C=O) groups is 6. The summed E-state index contributed by atoms with van der Waals surface area (Å²) in [5.74, 6) is -5.04. The van der Waals surface area contributed by atoms with E-state index < -0.39 is 35.4 Å². The van der Waals surface area contributed by atoms with E-state index in [1.54, 1.807) is 10.6 Å². The number of ether oxygens (including phenoxy) is 1. The first kappa shape index (κ1) is 14.7. The van der Waals surface area contributed by atoms with Crippen molar-refractivity contribution in [2.24, 2.45) is 5.92 Å². The second-order valence-corrected chi connectivity index (χ2v) is 4.42. The van der Waals surface area contributed by atoms with Gasteiger partial charge in [-0.1, -0.05) is 0 Å². The third-order valence-corrected chi connectivity index (χ3v) is 3.30. The maximum atomic E-state index is 12.0. The highest BCUT2D eigenvalue weighted by molar-refractivity contribution is 6.49.